The minimum absolute atomic E-state index is 0.0247. The summed E-state index contributed by atoms with van der Waals surface area (Å²) in [5.74, 6) is -0.622. The van der Waals surface area contributed by atoms with Gasteiger partial charge in [-0.1, -0.05) is 12.1 Å². The molecule has 2 heterocycles. The number of nitrogens with zero attached hydrogens (tertiary/aromatic N) is 3. The van der Waals surface area contributed by atoms with Gasteiger partial charge in [0.1, 0.15) is 0 Å². The van der Waals surface area contributed by atoms with E-state index in [1.165, 1.54) is 11.0 Å². The number of benzene rings is 1. The summed E-state index contributed by atoms with van der Waals surface area (Å²) in [5, 5.41) is 0. The standard InChI is InChI=1S/C20H26F3N3O2/c1-14(2)24-6-8-25(9-7-24)19(28)16-11-18(27)26(13-16)12-15-4-3-5-17(10-15)20(21,22)23/h3-5,10,14,16H,6-9,11-13H2,1-2H3/t16-/m0/s1. The van der Waals surface area contributed by atoms with Crippen LogP contribution in [0, 0.1) is 5.92 Å². The average molecular weight is 397 g/mol. The Hall–Kier alpha value is -2.09. The van der Waals surface area contributed by atoms with Gasteiger partial charge < -0.3 is 9.80 Å². The van der Waals surface area contributed by atoms with Crippen LogP contribution in [0.25, 0.3) is 0 Å². The number of rotatable bonds is 4. The molecule has 0 aliphatic carbocycles. The molecule has 0 unspecified atom stereocenters. The summed E-state index contributed by atoms with van der Waals surface area (Å²) in [6, 6.07) is 5.43. The molecule has 3 rings (SSSR count). The highest BCUT2D eigenvalue weighted by Gasteiger charge is 2.37. The van der Waals surface area contributed by atoms with Crippen LogP contribution in [-0.4, -0.2) is 65.3 Å². The molecular formula is C20H26F3N3O2. The number of likely N-dealkylation sites (tertiary alicyclic amines) is 1. The Kier molecular flexibility index (Phi) is 5.98. The summed E-state index contributed by atoms with van der Waals surface area (Å²) in [7, 11) is 0. The number of halogens is 3. The first-order valence-corrected chi connectivity index (χ1v) is 9.62. The monoisotopic (exact) mass is 397 g/mol. The van der Waals surface area contributed by atoms with Crippen LogP contribution in [0.3, 0.4) is 0 Å². The maximum absolute atomic E-state index is 12.9. The van der Waals surface area contributed by atoms with E-state index in [-0.39, 0.29) is 31.3 Å². The molecule has 1 aromatic rings. The summed E-state index contributed by atoms with van der Waals surface area (Å²) >= 11 is 0. The predicted octanol–water partition coefficient (Wildman–Crippen LogP) is 2.61. The quantitative estimate of drug-likeness (QED) is 0.785. The van der Waals surface area contributed by atoms with Crippen LogP contribution in [0.1, 0.15) is 31.4 Å². The highest BCUT2D eigenvalue weighted by molar-refractivity contribution is 5.89. The van der Waals surface area contributed by atoms with Gasteiger partial charge in [0.2, 0.25) is 11.8 Å². The van der Waals surface area contributed by atoms with Crippen molar-refractivity contribution in [3.05, 3.63) is 35.4 Å². The van der Waals surface area contributed by atoms with Crippen molar-refractivity contribution in [2.45, 2.75) is 39.0 Å². The lowest BCUT2D eigenvalue weighted by Gasteiger charge is -2.37. The maximum atomic E-state index is 12.9. The van der Waals surface area contributed by atoms with Gasteiger partial charge in [0.25, 0.3) is 0 Å². The summed E-state index contributed by atoms with van der Waals surface area (Å²) in [6.07, 6.45) is -4.29. The van der Waals surface area contributed by atoms with Crippen LogP contribution in [0.4, 0.5) is 13.2 Å². The normalized spacial score (nSPS) is 21.6. The van der Waals surface area contributed by atoms with Crippen molar-refractivity contribution in [1.29, 1.82) is 0 Å². The van der Waals surface area contributed by atoms with Crippen molar-refractivity contribution >= 4 is 11.8 Å². The van der Waals surface area contributed by atoms with Crippen LogP contribution >= 0.6 is 0 Å². The number of hydrogen-bond donors (Lipinski definition) is 0. The fraction of sp³-hybridized carbons (Fsp3) is 0.600. The van der Waals surface area contributed by atoms with Gasteiger partial charge in [-0.25, -0.2) is 0 Å². The van der Waals surface area contributed by atoms with Crippen LogP contribution in [0.15, 0.2) is 24.3 Å². The van der Waals surface area contributed by atoms with Gasteiger partial charge in [-0.3, -0.25) is 14.5 Å². The molecule has 8 heteroatoms. The van der Waals surface area contributed by atoms with E-state index < -0.39 is 17.7 Å². The van der Waals surface area contributed by atoms with Gasteiger partial charge >= 0.3 is 6.18 Å². The molecule has 0 spiro atoms. The fourth-order valence-corrected chi connectivity index (χ4v) is 3.87. The predicted molar refractivity (Wildman–Crippen MR) is 98.3 cm³/mol. The molecular weight excluding hydrogens is 371 g/mol. The number of alkyl halides is 3. The van der Waals surface area contributed by atoms with Crippen molar-refractivity contribution in [1.82, 2.24) is 14.7 Å². The number of carbonyl (C=O) groups excluding carboxylic acids is 2. The molecule has 0 bridgehead atoms. The fourth-order valence-electron chi connectivity index (χ4n) is 3.87. The van der Waals surface area contributed by atoms with Crippen LogP contribution in [-0.2, 0) is 22.3 Å². The number of carbonyl (C=O) groups is 2. The van der Waals surface area contributed by atoms with Crippen LogP contribution in [0.5, 0.6) is 0 Å². The smallest absolute Gasteiger partial charge is 0.340 e. The minimum Gasteiger partial charge on any atom is -0.340 e. The lowest BCUT2D eigenvalue weighted by Crippen LogP contribution is -2.52. The van der Waals surface area contributed by atoms with Crippen molar-refractivity contribution in [3.63, 3.8) is 0 Å². The largest absolute Gasteiger partial charge is 0.416 e. The lowest BCUT2D eigenvalue weighted by atomic mass is 10.1. The Morgan fingerprint density at radius 1 is 1.18 bits per heavy atom. The Morgan fingerprint density at radius 3 is 2.46 bits per heavy atom. The summed E-state index contributed by atoms with van der Waals surface area (Å²) in [6.45, 7) is 7.53. The van der Waals surface area contributed by atoms with Crippen LogP contribution in [0.2, 0.25) is 0 Å². The maximum Gasteiger partial charge on any atom is 0.416 e. The first-order chi connectivity index (χ1) is 13.1. The molecule has 1 atom stereocenters. The van der Waals surface area contributed by atoms with E-state index >= 15 is 0 Å². The van der Waals surface area contributed by atoms with E-state index in [1.807, 2.05) is 4.90 Å². The van der Waals surface area contributed by atoms with Gasteiger partial charge in [-0.05, 0) is 31.5 Å². The third kappa shape index (κ3) is 4.66. The molecule has 1 aromatic carbocycles. The minimum atomic E-state index is -4.42. The summed E-state index contributed by atoms with van der Waals surface area (Å²) in [5.41, 5.74) is -0.311. The molecule has 2 amide bonds. The van der Waals surface area contributed by atoms with Gasteiger partial charge in [0.05, 0.1) is 11.5 Å². The summed E-state index contributed by atoms with van der Waals surface area (Å²) in [4.78, 5) is 30.7. The zero-order chi connectivity index (χ0) is 20.5. The zero-order valence-corrected chi connectivity index (χ0v) is 16.2. The number of hydrogen-bond acceptors (Lipinski definition) is 3. The number of amides is 2. The lowest BCUT2D eigenvalue weighted by molar-refractivity contribution is -0.138. The first-order valence-electron chi connectivity index (χ1n) is 9.62. The molecule has 2 aliphatic heterocycles. The Balaban J connectivity index is 1.59. The third-order valence-corrected chi connectivity index (χ3v) is 5.55. The van der Waals surface area contributed by atoms with E-state index in [9.17, 15) is 22.8 Å². The molecule has 0 N–H and O–H groups in total. The molecule has 0 aromatic heterocycles. The second-order valence-electron chi connectivity index (χ2n) is 7.83. The molecule has 0 radical (unpaired) electrons. The molecule has 28 heavy (non-hydrogen) atoms. The molecule has 5 nitrogen and oxygen atoms in total. The van der Waals surface area contributed by atoms with E-state index in [2.05, 4.69) is 18.7 Å². The number of piperazine rings is 1. The van der Waals surface area contributed by atoms with Crippen LogP contribution < -0.4 is 0 Å². The van der Waals surface area contributed by atoms with Gasteiger partial charge in [0, 0.05) is 51.7 Å². The van der Waals surface area contributed by atoms with Gasteiger partial charge in [-0.2, -0.15) is 13.2 Å². The third-order valence-electron chi connectivity index (χ3n) is 5.55. The van der Waals surface area contributed by atoms with E-state index in [0.717, 1.165) is 25.2 Å². The molecule has 154 valence electrons. The summed E-state index contributed by atoms with van der Waals surface area (Å²) < 4.78 is 38.6. The Bertz CT molecular complexity index is 728. The van der Waals surface area contributed by atoms with E-state index in [1.54, 1.807) is 6.07 Å². The first kappa shape index (κ1) is 20.6. The van der Waals surface area contributed by atoms with Crippen molar-refractivity contribution < 1.29 is 22.8 Å². The second-order valence-corrected chi connectivity index (χ2v) is 7.83. The Morgan fingerprint density at radius 2 is 1.86 bits per heavy atom. The molecule has 2 saturated heterocycles. The molecule has 0 saturated carbocycles. The van der Waals surface area contributed by atoms with Crippen molar-refractivity contribution in [3.8, 4) is 0 Å². The van der Waals surface area contributed by atoms with E-state index in [0.29, 0.717) is 24.7 Å². The topological polar surface area (TPSA) is 43.9 Å². The highest BCUT2D eigenvalue weighted by Crippen LogP contribution is 2.30. The Labute approximate surface area is 163 Å². The zero-order valence-electron chi connectivity index (χ0n) is 16.2. The van der Waals surface area contributed by atoms with E-state index in [4.69, 9.17) is 0 Å². The second kappa shape index (κ2) is 8.11. The molecule has 2 aliphatic rings. The van der Waals surface area contributed by atoms with Gasteiger partial charge in [0.15, 0.2) is 0 Å². The van der Waals surface area contributed by atoms with Gasteiger partial charge in [-0.15, -0.1) is 0 Å². The highest BCUT2D eigenvalue weighted by atomic mass is 19.4. The van der Waals surface area contributed by atoms with Crippen molar-refractivity contribution in [2.24, 2.45) is 5.92 Å². The molecule has 2 fully saturated rings. The SMILES string of the molecule is CC(C)N1CCN(C(=O)[C@H]2CC(=O)N(Cc3cccc(C(F)(F)F)c3)C2)CC1. The van der Waals surface area contributed by atoms with Crippen molar-refractivity contribution in [2.75, 3.05) is 32.7 Å². The average Bonchev–Trinajstić information content (AvgIpc) is 3.01.